The molecule has 2 heteroatoms. The summed E-state index contributed by atoms with van der Waals surface area (Å²) in [5.74, 6) is 0.245. The number of nitriles is 1. The van der Waals surface area contributed by atoms with Gasteiger partial charge >= 0.3 is 0 Å². The number of phenols is 1. The zero-order chi connectivity index (χ0) is 8.81. The van der Waals surface area contributed by atoms with E-state index in [2.05, 4.69) is 0 Å². The van der Waals surface area contributed by atoms with Gasteiger partial charge in [0.05, 0.1) is 12.5 Å². The zero-order valence-corrected chi connectivity index (χ0v) is 6.57. The lowest BCUT2D eigenvalue weighted by molar-refractivity contribution is 0.475. The molecule has 1 N–H and O–H groups in total. The monoisotopic (exact) mass is 159 g/mol. The third kappa shape index (κ3) is 2.47. The van der Waals surface area contributed by atoms with Gasteiger partial charge in [-0.2, -0.15) is 5.26 Å². The zero-order valence-electron chi connectivity index (χ0n) is 6.57. The molecule has 0 atom stereocenters. The number of hydrogen-bond acceptors (Lipinski definition) is 2. The summed E-state index contributed by atoms with van der Waals surface area (Å²) in [7, 11) is 0. The number of aromatic hydroxyl groups is 1. The molecule has 0 amide bonds. The summed E-state index contributed by atoms with van der Waals surface area (Å²) in [5.41, 5.74) is 0.908. The Morgan fingerprint density at radius 3 is 3.00 bits per heavy atom. The van der Waals surface area contributed by atoms with Crippen molar-refractivity contribution in [2.45, 2.75) is 6.42 Å². The summed E-state index contributed by atoms with van der Waals surface area (Å²) >= 11 is 0. The second-order valence-corrected chi connectivity index (χ2v) is 2.36. The highest BCUT2D eigenvalue weighted by Crippen LogP contribution is 2.11. The number of hydrogen-bond donors (Lipinski definition) is 1. The van der Waals surface area contributed by atoms with Gasteiger partial charge in [0.1, 0.15) is 5.75 Å². The Morgan fingerprint density at radius 2 is 2.33 bits per heavy atom. The molecule has 1 rings (SSSR count). The van der Waals surface area contributed by atoms with Gasteiger partial charge in [-0.05, 0) is 17.7 Å². The quantitative estimate of drug-likeness (QED) is 0.719. The van der Waals surface area contributed by atoms with Gasteiger partial charge in [0.25, 0.3) is 0 Å². The fourth-order valence-electron chi connectivity index (χ4n) is 0.876. The van der Waals surface area contributed by atoms with E-state index < -0.39 is 0 Å². The van der Waals surface area contributed by atoms with E-state index in [0.717, 1.165) is 5.56 Å². The molecule has 0 bridgehead atoms. The molecule has 0 aliphatic heterocycles. The lowest BCUT2D eigenvalue weighted by atomic mass is 10.2. The van der Waals surface area contributed by atoms with Gasteiger partial charge < -0.3 is 5.11 Å². The Kier molecular flexibility index (Phi) is 2.92. The van der Waals surface area contributed by atoms with Crippen LogP contribution in [0.3, 0.4) is 0 Å². The Morgan fingerprint density at radius 1 is 1.50 bits per heavy atom. The van der Waals surface area contributed by atoms with Gasteiger partial charge in [-0.25, -0.2) is 0 Å². The molecule has 0 aliphatic carbocycles. The highest BCUT2D eigenvalue weighted by molar-refractivity contribution is 5.51. The van der Waals surface area contributed by atoms with Crippen molar-refractivity contribution >= 4 is 6.08 Å². The van der Waals surface area contributed by atoms with Gasteiger partial charge in [-0.1, -0.05) is 24.3 Å². The predicted octanol–water partition coefficient (Wildman–Crippen LogP) is 2.32. The van der Waals surface area contributed by atoms with Crippen LogP contribution in [-0.4, -0.2) is 5.11 Å². The normalized spacial score (nSPS) is 9.92. The fourth-order valence-corrected chi connectivity index (χ4v) is 0.876. The SMILES string of the molecule is N#CCC=Cc1cccc(O)c1. The number of benzene rings is 1. The van der Waals surface area contributed by atoms with Crippen molar-refractivity contribution in [3.63, 3.8) is 0 Å². The Labute approximate surface area is 71.4 Å². The molecule has 0 unspecified atom stereocenters. The molecule has 0 saturated carbocycles. The van der Waals surface area contributed by atoms with Crippen LogP contribution in [0.1, 0.15) is 12.0 Å². The van der Waals surface area contributed by atoms with Crippen molar-refractivity contribution in [1.29, 1.82) is 5.26 Å². The molecule has 2 nitrogen and oxygen atoms in total. The number of allylic oxidation sites excluding steroid dienone is 1. The second-order valence-electron chi connectivity index (χ2n) is 2.36. The third-order valence-electron chi connectivity index (χ3n) is 1.39. The van der Waals surface area contributed by atoms with Crippen molar-refractivity contribution in [2.75, 3.05) is 0 Å². The summed E-state index contributed by atoms with van der Waals surface area (Å²) in [4.78, 5) is 0. The van der Waals surface area contributed by atoms with Crippen LogP contribution < -0.4 is 0 Å². The maximum Gasteiger partial charge on any atom is 0.116 e. The summed E-state index contributed by atoms with van der Waals surface area (Å²) in [6.45, 7) is 0. The molecule has 0 heterocycles. The molecular weight excluding hydrogens is 150 g/mol. The minimum Gasteiger partial charge on any atom is -0.508 e. The average Bonchev–Trinajstić information content (AvgIpc) is 2.05. The Balaban J connectivity index is 2.71. The van der Waals surface area contributed by atoms with Gasteiger partial charge in [0, 0.05) is 0 Å². The van der Waals surface area contributed by atoms with Crippen LogP contribution >= 0.6 is 0 Å². The van der Waals surface area contributed by atoms with E-state index in [0.29, 0.717) is 6.42 Å². The first kappa shape index (κ1) is 8.35. The van der Waals surface area contributed by atoms with Gasteiger partial charge in [0.15, 0.2) is 0 Å². The topological polar surface area (TPSA) is 44.0 Å². The van der Waals surface area contributed by atoms with E-state index in [4.69, 9.17) is 10.4 Å². The molecule has 0 spiro atoms. The first-order valence-electron chi connectivity index (χ1n) is 3.65. The van der Waals surface area contributed by atoms with Crippen LogP contribution in [0, 0.1) is 11.3 Å². The average molecular weight is 159 g/mol. The third-order valence-corrected chi connectivity index (χ3v) is 1.39. The minimum atomic E-state index is 0.245. The summed E-state index contributed by atoms with van der Waals surface area (Å²) < 4.78 is 0. The highest BCUT2D eigenvalue weighted by atomic mass is 16.3. The molecule has 0 radical (unpaired) electrons. The van der Waals surface area contributed by atoms with E-state index in [-0.39, 0.29) is 5.75 Å². The summed E-state index contributed by atoms with van der Waals surface area (Å²) in [5, 5.41) is 17.3. The van der Waals surface area contributed by atoms with Crippen molar-refractivity contribution < 1.29 is 5.11 Å². The molecule has 1 aromatic carbocycles. The van der Waals surface area contributed by atoms with E-state index >= 15 is 0 Å². The molecule has 60 valence electrons. The largest absolute Gasteiger partial charge is 0.508 e. The molecule has 0 saturated heterocycles. The minimum absolute atomic E-state index is 0.245. The van der Waals surface area contributed by atoms with Crippen molar-refractivity contribution in [3.8, 4) is 11.8 Å². The lowest BCUT2D eigenvalue weighted by Crippen LogP contribution is -1.70. The first-order chi connectivity index (χ1) is 5.83. The number of nitrogens with zero attached hydrogens (tertiary/aromatic N) is 1. The molecule has 1 aromatic rings. The molecule has 0 aromatic heterocycles. The van der Waals surface area contributed by atoms with Gasteiger partial charge in [-0.3, -0.25) is 0 Å². The smallest absolute Gasteiger partial charge is 0.116 e. The first-order valence-corrected chi connectivity index (χ1v) is 3.65. The molecule has 0 fully saturated rings. The number of rotatable bonds is 2. The van der Waals surface area contributed by atoms with E-state index in [1.807, 2.05) is 18.2 Å². The van der Waals surface area contributed by atoms with Crippen molar-refractivity contribution in [2.24, 2.45) is 0 Å². The predicted molar refractivity (Wildman–Crippen MR) is 47.4 cm³/mol. The maximum absolute atomic E-state index is 9.07. The Hall–Kier alpha value is -1.75. The van der Waals surface area contributed by atoms with Crippen molar-refractivity contribution in [3.05, 3.63) is 35.9 Å². The van der Waals surface area contributed by atoms with Crippen LogP contribution in [-0.2, 0) is 0 Å². The maximum atomic E-state index is 9.07. The van der Waals surface area contributed by atoms with Gasteiger partial charge in [-0.15, -0.1) is 0 Å². The van der Waals surface area contributed by atoms with E-state index in [9.17, 15) is 0 Å². The van der Waals surface area contributed by atoms with Crippen LogP contribution in [0.5, 0.6) is 5.75 Å². The molecule has 12 heavy (non-hydrogen) atoms. The van der Waals surface area contributed by atoms with E-state index in [1.165, 1.54) is 0 Å². The molecule has 0 aliphatic rings. The Bertz CT molecular complexity index is 323. The summed E-state index contributed by atoms with van der Waals surface area (Å²) in [6.07, 6.45) is 3.97. The second kappa shape index (κ2) is 4.20. The molecular formula is C10H9NO. The van der Waals surface area contributed by atoms with Crippen LogP contribution in [0.25, 0.3) is 6.08 Å². The van der Waals surface area contributed by atoms with Crippen LogP contribution in [0.4, 0.5) is 0 Å². The van der Waals surface area contributed by atoms with Crippen LogP contribution in [0.2, 0.25) is 0 Å². The standard InChI is InChI=1S/C10H9NO/c11-7-2-1-4-9-5-3-6-10(12)8-9/h1,3-6,8,12H,2H2. The summed E-state index contributed by atoms with van der Waals surface area (Å²) in [6, 6.07) is 8.90. The van der Waals surface area contributed by atoms with E-state index in [1.54, 1.807) is 24.3 Å². The fraction of sp³-hybridized carbons (Fsp3) is 0.100. The van der Waals surface area contributed by atoms with Gasteiger partial charge in [0.2, 0.25) is 0 Å². The van der Waals surface area contributed by atoms with Crippen LogP contribution in [0.15, 0.2) is 30.3 Å². The highest BCUT2D eigenvalue weighted by Gasteiger charge is 1.87. The lowest BCUT2D eigenvalue weighted by Gasteiger charge is -1.92. The number of phenolic OH excluding ortho intramolecular Hbond substituents is 1. The van der Waals surface area contributed by atoms with Crippen molar-refractivity contribution in [1.82, 2.24) is 0 Å².